The third-order valence-electron chi connectivity index (χ3n) is 2.03. The maximum absolute atomic E-state index is 11.8. The summed E-state index contributed by atoms with van der Waals surface area (Å²) in [6.45, 7) is 6.70. The van der Waals surface area contributed by atoms with E-state index in [-0.39, 0.29) is 6.42 Å². The molecule has 2 N–H and O–H groups in total. The van der Waals surface area contributed by atoms with Crippen LogP contribution in [-0.2, 0) is 4.74 Å². The number of amides is 1. The van der Waals surface area contributed by atoms with Crippen molar-refractivity contribution in [2.45, 2.75) is 51.8 Å². The second-order valence-electron chi connectivity index (χ2n) is 5.25. The summed E-state index contributed by atoms with van der Waals surface area (Å²) < 4.78 is 40.5. The lowest BCUT2D eigenvalue weighted by molar-refractivity contribution is -0.135. The van der Waals surface area contributed by atoms with Crippen molar-refractivity contribution in [3.8, 4) is 0 Å². The predicted molar refractivity (Wildman–Crippen MR) is 67.0 cm³/mol. The van der Waals surface area contributed by atoms with Crippen LogP contribution in [-0.4, -0.2) is 37.5 Å². The minimum atomic E-state index is -4.07. The van der Waals surface area contributed by atoms with Gasteiger partial charge in [-0.15, -0.1) is 0 Å². The first kappa shape index (κ1) is 18.0. The number of unbranched alkanes of at least 4 members (excludes halogenated alkanes) is 1. The first-order valence-corrected chi connectivity index (χ1v) is 6.34. The third-order valence-corrected chi connectivity index (χ3v) is 2.03. The highest BCUT2D eigenvalue weighted by atomic mass is 19.4. The minimum Gasteiger partial charge on any atom is -0.444 e. The zero-order chi connectivity index (χ0) is 14.9. The maximum atomic E-state index is 11.8. The van der Waals surface area contributed by atoms with E-state index in [2.05, 4.69) is 10.6 Å². The van der Waals surface area contributed by atoms with Crippen LogP contribution in [0.5, 0.6) is 0 Å². The van der Waals surface area contributed by atoms with Crippen molar-refractivity contribution in [1.82, 2.24) is 10.6 Å². The topological polar surface area (TPSA) is 50.4 Å². The number of ether oxygens (including phenoxy) is 1. The lowest BCUT2D eigenvalue weighted by atomic mass is 10.2. The lowest BCUT2D eigenvalue weighted by Gasteiger charge is -2.19. The first-order chi connectivity index (χ1) is 8.60. The second-order valence-corrected chi connectivity index (χ2v) is 5.25. The van der Waals surface area contributed by atoms with Gasteiger partial charge in [0.15, 0.2) is 0 Å². The fraction of sp³-hybridized carbons (Fsp3) is 0.917. The van der Waals surface area contributed by atoms with E-state index in [9.17, 15) is 18.0 Å². The molecule has 0 aliphatic carbocycles. The average Bonchev–Trinajstić information content (AvgIpc) is 2.17. The number of alkyl carbamates (subject to hydrolysis) is 1. The van der Waals surface area contributed by atoms with Crippen LogP contribution in [0.15, 0.2) is 0 Å². The lowest BCUT2D eigenvalue weighted by Crippen LogP contribution is -2.36. The highest BCUT2D eigenvalue weighted by molar-refractivity contribution is 5.67. The van der Waals surface area contributed by atoms with Gasteiger partial charge >= 0.3 is 12.3 Å². The molecule has 0 aliphatic heterocycles. The molecule has 0 radical (unpaired) electrons. The molecule has 1 amide bonds. The van der Waals surface area contributed by atoms with Gasteiger partial charge in [-0.2, -0.15) is 13.2 Å². The van der Waals surface area contributed by atoms with Crippen LogP contribution in [0.1, 0.15) is 40.0 Å². The van der Waals surface area contributed by atoms with Gasteiger partial charge in [-0.25, -0.2) is 4.79 Å². The molecule has 0 aromatic carbocycles. The Morgan fingerprint density at radius 3 is 2.21 bits per heavy atom. The van der Waals surface area contributed by atoms with Gasteiger partial charge in [0.25, 0.3) is 0 Å². The van der Waals surface area contributed by atoms with Crippen LogP contribution in [0.4, 0.5) is 18.0 Å². The molecule has 0 unspecified atom stereocenters. The van der Waals surface area contributed by atoms with Crippen molar-refractivity contribution in [3.05, 3.63) is 0 Å². The van der Waals surface area contributed by atoms with Crippen molar-refractivity contribution in [2.24, 2.45) is 0 Å². The molecule has 0 aliphatic rings. The number of hydrogen-bond acceptors (Lipinski definition) is 3. The highest BCUT2D eigenvalue weighted by Gasteiger charge is 2.25. The summed E-state index contributed by atoms with van der Waals surface area (Å²) in [5.74, 6) is 0. The van der Waals surface area contributed by atoms with Gasteiger partial charge in [-0.05, 0) is 40.2 Å². The Hall–Kier alpha value is -0.980. The normalized spacial score (nSPS) is 12.3. The molecule has 0 saturated carbocycles. The fourth-order valence-corrected chi connectivity index (χ4v) is 1.27. The largest absolute Gasteiger partial charge is 0.444 e. The second kappa shape index (κ2) is 8.24. The molecule has 4 nitrogen and oxygen atoms in total. The van der Waals surface area contributed by atoms with Gasteiger partial charge in [0.2, 0.25) is 0 Å². The summed E-state index contributed by atoms with van der Waals surface area (Å²) in [6, 6.07) is 0. The number of halogens is 3. The van der Waals surface area contributed by atoms with Crippen molar-refractivity contribution < 1.29 is 22.7 Å². The Balaban J connectivity index is 3.35. The van der Waals surface area contributed by atoms with Crippen LogP contribution < -0.4 is 10.6 Å². The molecule has 114 valence electrons. The van der Waals surface area contributed by atoms with Crippen molar-refractivity contribution >= 4 is 6.09 Å². The molecule has 19 heavy (non-hydrogen) atoms. The monoisotopic (exact) mass is 284 g/mol. The Kier molecular flexibility index (Phi) is 7.82. The molecule has 0 heterocycles. The van der Waals surface area contributed by atoms with E-state index in [1.807, 2.05) is 0 Å². The molecule has 0 rings (SSSR count). The van der Waals surface area contributed by atoms with Crippen molar-refractivity contribution in [2.75, 3.05) is 19.6 Å². The summed E-state index contributed by atoms with van der Waals surface area (Å²) in [6.07, 6.45) is -4.73. The van der Waals surface area contributed by atoms with Crippen LogP contribution in [0.2, 0.25) is 0 Å². The van der Waals surface area contributed by atoms with E-state index >= 15 is 0 Å². The van der Waals surface area contributed by atoms with Gasteiger partial charge in [0.1, 0.15) is 5.60 Å². The average molecular weight is 284 g/mol. The molecular formula is C12H23F3N2O2. The van der Waals surface area contributed by atoms with Gasteiger partial charge in [-0.3, -0.25) is 0 Å². The Bertz CT molecular complexity index is 263. The first-order valence-electron chi connectivity index (χ1n) is 6.34. The summed E-state index contributed by atoms with van der Waals surface area (Å²) in [5, 5.41) is 5.50. The minimum absolute atomic E-state index is 0.121. The number of nitrogens with one attached hydrogen (secondary N) is 2. The van der Waals surface area contributed by atoms with Crippen molar-refractivity contribution in [3.63, 3.8) is 0 Å². The van der Waals surface area contributed by atoms with Gasteiger partial charge in [0, 0.05) is 19.5 Å². The summed E-state index contributed by atoms with van der Waals surface area (Å²) in [4.78, 5) is 11.2. The van der Waals surface area contributed by atoms with Crippen LogP contribution in [0, 0.1) is 0 Å². The number of rotatable bonds is 7. The van der Waals surface area contributed by atoms with Crippen LogP contribution in [0.3, 0.4) is 0 Å². The SMILES string of the molecule is CC(C)(C)OC(=O)NCCNCCCCC(F)(F)F. The summed E-state index contributed by atoms with van der Waals surface area (Å²) in [5.41, 5.74) is -0.533. The standard InChI is InChI=1S/C12H23F3N2O2/c1-11(2,3)19-10(18)17-9-8-16-7-5-4-6-12(13,14)15/h16H,4-9H2,1-3H3,(H,17,18). The number of carbonyl (C=O) groups excluding carboxylic acids is 1. The van der Waals surface area contributed by atoms with Crippen molar-refractivity contribution in [1.29, 1.82) is 0 Å². The molecule has 0 atom stereocenters. The fourth-order valence-electron chi connectivity index (χ4n) is 1.27. The molecule has 0 aromatic heterocycles. The van der Waals surface area contributed by atoms with E-state index in [0.29, 0.717) is 26.1 Å². The third kappa shape index (κ3) is 15.0. The maximum Gasteiger partial charge on any atom is 0.407 e. The van der Waals surface area contributed by atoms with Gasteiger partial charge < -0.3 is 15.4 Å². The van der Waals surface area contributed by atoms with E-state index in [1.165, 1.54) is 0 Å². The smallest absolute Gasteiger partial charge is 0.407 e. The molecule has 0 spiro atoms. The van der Waals surface area contributed by atoms with Gasteiger partial charge in [-0.1, -0.05) is 0 Å². The number of alkyl halides is 3. The van der Waals surface area contributed by atoms with Crippen LogP contribution >= 0.6 is 0 Å². The van der Waals surface area contributed by atoms with E-state index in [4.69, 9.17) is 4.74 Å². The van der Waals surface area contributed by atoms with E-state index in [1.54, 1.807) is 20.8 Å². The van der Waals surface area contributed by atoms with Crippen LogP contribution in [0.25, 0.3) is 0 Å². The van der Waals surface area contributed by atoms with Gasteiger partial charge in [0.05, 0.1) is 0 Å². The molecular weight excluding hydrogens is 261 g/mol. The quantitative estimate of drug-likeness (QED) is 0.707. The Morgan fingerprint density at radius 1 is 1.05 bits per heavy atom. The summed E-state index contributed by atoms with van der Waals surface area (Å²) in [7, 11) is 0. The predicted octanol–water partition coefficient (Wildman–Crippen LogP) is 2.83. The zero-order valence-electron chi connectivity index (χ0n) is 11.7. The Labute approximate surface area is 112 Å². The molecule has 0 fully saturated rings. The Morgan fingerprint density at radius 2 is 1.68 bits per heavy atom. The molecule has 0 aromatic rings. The zero-order valence-corrected chi connectivity index (χ0v) is 11.7. The molecule has 0 saturated heterocycles. The van der Waals surface area contributed by atoms with E-state index < -0.39 is 24.3 Å². The van der Waals surface area contributed by atoms with E-state index in [0.717, 1.165) is 0 Å². The molecule has 7 heteroatoms. The number of hydrogen-bond donors (Lipinski definition) is 2. The molecule has 0 bridgehead atoms. The number of carbonyl (C=O) groups is 1. The summed E-state index contributed by atoms with van der Waals surface area (Å²) >= 11 is 0. The highest BCUT2D eigenvalue weighted by Crippen LogP contribution is 2.21.